The maximum Gasteiger partial charge on any atom is 0.227 e. The Morgan fingerprint density at radius 1 is 1.07 bits per heavy atom. The van der Waals surface area contributed by atoms with Gasteiger partial charge in [0.2, 0.25) is 18.2 Å². The molecule has 27 heavy (non-hydrogen) atoms. The van der Waals surface area contributed by atoms with E-state index >= 15 is 0 Å². The van der Waals surface area contributed by atoms with Crippen LogP contribution in [0.2, 0.25) is 5.02 Å². The van der Waals surface area contributed by atoms with Gasteiger partial charge in [-0.1, -0.05) is 17.7 Å². The second kappa shape index (κ2) is 8.74. The Kier molecular flexibility index (Phi) is 6.37. The van der Waals surface area contributed by atoms with Crippen LogP contribution in [0, 0.1) is 18.8 Å². The fourth-order valence-electron chi connectivity index (χ4n) is 3.87. The van der Waals surface area contributed by atoms with Crippen molar-refractivity contribution in [3.05, 3.63) is 28.8 Å². The van der Waals surface area contributed by atoms with Crippen molar-refractivity contribution in [2.45, 2.75) is 32.6 Å². The Morgan fingerprint density at radius 2 is 1.70 bits per heavy atom. The first kappa shape index (κ1) is 19.7. The van der Waals surface area contributed by atoms with Crippen molar-refractivity contribution in [2.24, 2.45) is 11.8 Å². The quantitative estimate of drug-likeness (QED) is 0.802. The highest BCUT2D eigenvalue weighted by Gasteiger charge is 2.33. The minimum atomic E-state index is -0.0701. The maximum atomic E-state index is 12.7. The molecule has 6 nitrogen and oxygen atoms in total. The van der Waals surface area contributed by atoms with Gasteiger partial charge in [-0.3, -0.25) is 14.4 Å². The third-order valence-corrected chi connectivity index (χ3v) is 5.91. The number of benzene rings is 1. The van der Waals surface area contributed by atoms with E-state index in [1.807, 2.05) is 17.9 Å². The molecule has 0 aromatic heterocycles. The number of hydrogen-bond acceptors (Lipinski definition) is 3. The molecule has 1 N–H and O–H groups in total. The molecule has 2 aliphatic rings. The van der Waals surface area contributed by atoms with E-state index in [9.17, 15) is 14.4 Å². The van der Waals surface area contributed by atoms with Crippen molar-refractivity contribution in [1.82, 2.24) is 9.80 Å². The number of carbonyl (C=O) groups excluding carboxylic acids is 3. The van der Waals surface area contributed by atoms with Crippen molar-refractivity contribution in [1.29, 1.82) is 0 Å². The van der Waals surface area contributed by atoms with Gasteiger partial charge < -0.3 is 15.1 Å². The highest BCUT2D eigenvalue weighted by molar-refractivity contribution is 6.31. The summed E-state index contributed by atoms with van der Waals surface area (Å²) in [6, 6.07) is 5.46. The van der Waals surface area contributed by atoms with E-state index < -0.39 is 0 Å². The van der Waals surface area contributed by atoms with Gasteiger partial charge in [-0.15, -0.1) is 0 Å². The Balaban J connectivity index is 1.49. The first-order valence-electron chi connectivity index (χ1n) is 9.53. The first-order chi connectivity index (χ1) is 13.0. The van der Waals surface area contributed by atoms with Crippen LogP contribution < -0.4 is 5.32 Å². The first-order valence-corrected chi connectivity index (χ1v) is 9.91. The monoisotopic (exact) mass is 391 g/mol. The summed E-state index contributed by atoms with van der Waals surface area (Å²) in [5.74, 6) is 0.0973. The minimum absolute atomic E-state index is 0.00543. The van der Waals surface area contributed by atoms with Gasteiger partial charge in [0.1, 0.15) is 0 Å². The average molecular weight is 392 g/mol. The summed E-state index contributed by atoms with van der Waals surface area (Å²) in [5.41, 5.74) is 1.73. The van der Waals surface area contributed by atoms with Crippen LogP contribution in [-0.2, 0) is 14.4 Å². The van der Waals surface area contributed by atoms with Crippen molar-refractivity contribution in [3.63, 3.8) is 0 Å². The molecule has 0 bridgehead atoms. The number of nitrogens with one attached hydrogen (secondary N) is 1. The lowest BCUT2D eigenvalue weighted by atomic mass is 9.80. The Hall–Kier alpha value is -2.08. The fourth-order valence-corrected chi connectivity index (χ4v) is 4.04. The molecular weight excluding hydrogens is 366 g/mol. The molecule has 3 rings (SSSR count). The van der Waals surface area contributed by atoms with Crippen LogP contribution in [0.5, 0.6) is 0 Å². The Morgan fingerprint density at radius 3 is 2.33 bits per heavy atom. The molecule has 146 valence electrons. The molecule has 0 unspecified atom stereocenters. The highest BCUT2D eigenvalue weighted by atomic mass is 35.5. The van der Waals surface area contributed by atoms with E-state index in [-0.39, 0.29) is 23.7 Å². The SMILES string of the molecule is Cc1ccc(Cl)cc1NC(=O)C1CCC(C(=O)N2CCN(C=O)CC2)CC1. The lowest BCUT2D eigenvalue weighted by Crippen LogP contribution is -2.50. The average Bonchev–Trinajstić information content (AvgIpc) is 2.70. The molecule has 1 aliphatic carbocycles. The predicted octanol–water partition coefficient (Wildman–Crippen LogP) is 2.69. The molecule has 1 heterocycles. The number of aryl methyl sites for hydroxylation is 1. The van der Waals surface area contributed by atoms with Gasteiger partial charge in [0, 0.05) is 48.7 Å². The van der Waals surface area contributed by atoms with Crippen molar-refractivity contribution < 1.29 is 14.4 Å². The molecular formula is C20H26ClN3O3. The van der Waals surface area contributed by atoms with Gasteiger partial charge >= 0.3 is 0 Å². The Labute approximate surface area is 164 Å². The number of piperazine rings is 1. The van der Waals surface area contributed by atoms with Crippen LogP contribution in [-0.4, -0.2) is 54.2 Å². The molecule has 0 spiro atoms. The summed E-state index contributed by atoms with van der Waals surface area (Å²) in [4.78, 5) is 39.6. The van der Waals surface area contributed by atoms with Crippen LogP contribution in [0.1, 0.15) is 31.2 Å². The number of hydrogen-bond donors (Lipinski definition) is 1. The lowest BCUT2D eigenvalue weighted by Gasteiger charge is -2.36. The van der Waals surface area contributed by atoms with Gasteiger partial charge in [0.05, 0.1) is 0 Å². The van der Waals surface area contributed by atoms with Gasteiger partial charge in [-0.05, 0) is 50.3 Å². The summed E-state index contributed by atoms with van der Waals surface area (Å²) < 4.78 is 0. The summed E-state index contributed by atoms with van der Waals surface area (Å²) in [6.45, 7) is 4.35. The van der Waals surface area contributed by atoms with Gasteiger partial charge in [-0.2, -0.15) is 0 Å². The number of carbonyl (C=O) groups is 3. The largest absolute Gasteiger partial charge is 0.342 e. The zero-order valence-electron chi connectivity index (χ0n) is 15.6. The summed E-state index contributed by atoms with van der Waals surface area (Å²) in [5, 5.41) is 3.58. The maximum absolute atomic E-state index is 12.7. The molecule has 1 aliphatic heterocycles. The van der Waals surface area contributed by atoms with Crippen molar-refractivity contribution >= 4 is 35.5 Å². The number of anilines is 1. The minimum Gasteiger partial charge on any atom is -0.342 e. The number of rotatable bonds is 4. The molecule has 1 saturated carbocycles. The molecule has 0 atom stereocenters. The molecule has 3 amide bonds. The third-order valence-electron chi connectivity index (χ3n) is 5.68. The molecule has 1 saturated heterocycles. The van der Waals surface area contributed by atoms with Crippen molar-refractivity contribution in [3.8, 4) is 0 Å². The third kappa shape index (κ3) is 4.80. The predicted molar refractivity (Wildman–Crippen MR) is 104 cm³/mol. The molecule has 1 aromatic carbocycles. The van der Waals surface area contributed by atoms with Crippen LogP contribution in [0.4, 0.5) is 5.69 Å². The van der Waals surface area contributed by atoms with Gasteiger partial charge in [0.25, 0.3) is 0 Å². The van der Waals surface area contributed by atoms with Crippen LogP contribution >= 0.6 is 11.6 Å². The number of amides is 3. The Bertz CT molecular complexity index is 708. The van der Waals surface area contributed by atoms with E-state index in [1.165, 1.54) is 0 Å². The zero-order chi connectivity index (χ0) is 19.4. The summed E-state index contributed by atoms with van der Waals surface area (Å²) >= 11 is 6.02. The molecule has 0 radical (unpaired) electrons. The summed E-state index contributed by atoms with van der Waals surface area (Å²) in [7, 11) is 0. The van der Waals surface area contributed by atoms with E-state index in [4.69, 9.17) is 11.6 Å². The van der Waals surface area contributed by atoms with E-state index in [0.717, 1.165) is 43.3 Å². The number of halogens is 1. The van der Waals surface area contributed by atoms with Crippen LogP contribution in [0.15, 0.2) is 18.2 Å². The van der Waals surface area contributed by atoms with Crippen molar-refractivity contribution in [2.75, 3.05) is 31.5 Å². The van der Waals surface area contributed by atoms with Gasteiger partial charge in [-0.25, -0.2) is 0 Å². The molecule has 7 heteroatoms. The fraction of sp³-hybridized carbons (Fsp3) is 0.550. The second-order valence-electron chi connectivity index (χ2n) is 7.46. The molecule has 2 fully saturated rings. The van der Waals surface area contributed by atoms with Gasteiger partial charge in [0.15, 0.2) is 0 Å². The second-order valence-corrected chi connectivity index (χ2v) is 7.90. The van der Waals surface area contributed by atoms with E-state index in [0.29, 0.717) is 31.2 Å². The van der Waals surface area contributed by atoms with E-state index in [2.05, 4.69) is 5.32 Å². The normalized spacial score (nSPS) is 23.0. The smallest absolute Gasteiger partial charge is 0.227 e. The standard InChI is InChI=1S/C20H26ClN3O3/c1-14-2-7-17(21)12-18(14)22-19(26)15-3-5-16(6-4-15)20(27)24-10-8-23(13-25)9-11-24/h2,7,12-13,15-16H,3-6,8-11H2,1H3,(H,22,26). The zero-order valence-corrected chi connectivity index (χ0v) is 16.4. The van der Waals surface area contributed by atoms with E-state index in [1.54, 1.807) is 17.0 Å². The summed E-state index contributed by atoms with van der Waals surface area (Å²) in [6.07, 6.45) is 3.75. The number of nitrogens with zero attached hydrogens (tertiary/aromatic N) is 2. The highest BCUT2D eigenvalue weighted by Crippen LogP contribution is 2.31. The lowest BCUT2D eigenvalue weighted by molar-refractivity contribution is -0.140. The van der Waals surface area contributed by atoms with Crippen LogP contribution in [0.3, 0.4) is 0 Å². The van der Waals surface area contributed by atoms with Crippen LogP contribution in [0.25, 0.3) is 0 Å². The molecule has 1 aromatic rings. The topological polar surface area (TPSA) is 69.7 Å².